The van der Waals surface area contributed by atoms with Crippen molar-refractivity contribution in [1.29, 1.82) is 0 Å². The highest BCUT2D eigenvalue weighted by Crippen LogP contribution is 2.70. The Hall–Kier alpha value is -0.300. The summed E-state index contributed by atoms with van der Waals surface area (Å²) in [5.41, 5.74) is 1.38. The fraction of sp³-hybridized carbons (Fsp3) is 0.867. The van der Waals surface area contributed by atoms with E-state index in [2.05, 4.69) is 26.8 Å². The number of hydrogen-bond acceptors (Lipinski definition) is 1. The number of hydrogen-bond donors (Lipinski definition) is 1. The van der Waals surface area contributed by atoms with Crippen LogP contribution in [0.4, 0.5) is 0 Å². The molecular weight excluding hydrogens is 196 g/mol. The van der Waals surface area contributed by atoms with E-state index in [-0.39, 0.29) is 0 Å². The Labute approximate surface area is 98.9 Å². The molecule has 16 heavy (non-hydrogen) atoms. The van der Waals surface area contributed by atoms with Gasteiger partial charge >= 0.3 is 0 Å². The Morgan fingerprint density at radius 1 is 1.31 bits per heavy atom. The van der Waals surface area contributed by atoms with Gasteiger partial charge < -0.3 is 5.11 Å². The second-order valence-electron chi connectivity index (χ2n) is 7.16. The Morgan fingerprint density at radius 2 is 2.00 bits per heavy atom. The topological polar surface area (TPSA) is 20.2 Å². The SMILES string of the molecule is C[C@@H]1CC=C2[C@@H]1[C@H]1[C@@H](CC[C@@]2(C)O)C1(C)C. The molecule has 0 unspecified atom stereocenters. The molecule has 5 atom stereocenters. The van der Waals surface area contributed by atoms with E-state index in [1.807, 2.05) is 6.92 Å². The zero-order valence-corrected chi connectivity index (χ0v) is 11.0. The summed E-state index contributed by atoms with van der Waals surface area (Å²) >= 11 is 0. The summed E-state index contributed by atoms with van der Waals surface area (Å²) < 4.78 is 0. The van der Waals surface area contributed by atoms with Crippen LogP contribution in [0.25, 0.3) is 0 Å². The number of aliphatic hydroxyl groups is 1. The molecule has 0 bridgehead atoms. The maximum atomic E-state index is 10.6. The highest BCUT2D eigenvalue weighted by atomic mass is 16.3. The second-order valence-corrected chi connectivity index (χ2v) is 7.16. The van der Waals surface area contributed by atoms with Gasteiger partial charge in [-0.05, 0) is 60.8 Å². The van der Waals surface area contributed by atoms with Crippen molar-refractivity contribution in [2.75, 3.05) is 0 Å². The van der Waals surface area contributed by atoms with E-state index in [1.165, 1.54) is 18.4 Å². The third kappa shape index (κ3) is 1.21. The first-order chi connectivity index (χ1) is 7.36. The van der Waals surface area contributed by atoms with E-state index >= 15 is 0 Å². The molecule has 0 amide bonds. The van der Waals surface area contributed by atoms with Crippen LogP contribution in [-0.4, -0.2) is 10.7 Å². The summed E-state index contributed by atoms with van der Waals surface area (Å²) in [5.74, 6) is 3.10. The minimum atomic E-state index is -0.515. The van der Waals surface area contributed by atoms with E-state index in [0.29, 0.717) is 11.3 Å². The molecule has 0 aromatic carbocycles. The average Bonchev–Trinajstić information content (AvgIpc) is 2.51. The summed E-state index contributed by atoms with van der Waals surface area (Å²) in [5, 5.41) is 10.6. The van der Waals surface area contributed by atoms with Gasteiger partial charge in [0.1, 0.15) is 0 Å². The number of rotatable bonds is 0. The lowest BCUT2D eigenvalue weighted by Gasteiger charge is -2.31. The number of fused-ring (bicyclic) bond motifs is 3. The highest BCUT2D eigenvalue weighted by molar-refractivity contribution is 5.31. The van der Waals surface area contributed by atoms with Crippen LogP contribution in [0.1, 0.15) is 47.0 Å². The maximum absolute atomic E-state index is 10.6. The van der Waals surface area contributed by atoms with Crippen molar-refractivity contribution in [2.24, 2.45) is 29.1 Å². The minimum Gasteiger partial charge on any atom is -0.386 e. The molecule has 3 rings (SSSR count). The van der Waals surface area contributed by atoms with E-state index in [0.717, 1.165) is 24.2 Å². The van der Waals surface area contributed by atoms with Gasteiger partial charge in [0.15, 0.2) is 0 Å². The van der Waals surface area contributed by atoms with Crippen LogP contribution in [0.15, 0.2) is 11.6 Å². The summed E-state index contributed by atoms with van der Waals surface area (Å²) in [7, 11) is 0. The molecule has 3 aliphatic rings. The van der Waals surface area contributed by atoms with Crippen molar-refractivity contribution in [2.45, 2.75) is 52.6 Å². The molecule has 1 nitrogen and oxygen atoms in total. The molecule has 0 radical (unpaired) electrons. The average molecular weight is 220 g/mol. The molecule has 0 spiro atoms. The van der Waals surface area contributed by atoms with E-state index < -0.39 is 5.60 Å². The molecule has 3 aliphatic carbocycles. The first kappa shape index (κ1) is 10.8. The molecule has 0 heterocycles. The van der Waals surface area contributed by atoms with Gasteiger partial charge in [0, 0.05) is 0 Å². The lowest BCUT2D eigenvalue weighted by molar-refractivity contribution is 0.0738. The molecule has 1 heteroatoms. The van der Waals surface area contributed by atoms with Gasteiger partial charge in [-0.3, -0.25) is 0 Å². The second kappa shape index (κ2) is 2.93. The van der Waals surface area contributed by atoms with Crippen LogP contribution >= 0.6 is 0 Å². The molecule has 2 saturated carbocycles. The molecule has 0 aliphatic heterocycles. The standard InChI is InChI=1S/C15H24O/c1-9-5-6-10-12(9)13-11(14(13,2)3)7-8-15(10,4)16/h6,9,11-13,16H,5,7-8H2,1-4H3/t9-,11-,12-,13-,15-/m1/s1. The first-order valence-corrected chi connectivity index (χ1v) is 6.78. The largest absolute Gasteiger partial charge is 0.386 e. The van der Waals surface area contributed by atoms with E-state index in [1.54, 1.807) is 0 Å². The molecule has 0 saturated heterocycles. The van der Waals surface area contributed by atoms with Crippen molar-refractivity contribution in [3.63, 3.8) is 0 Å². The van der Waals surface area contributed by atoms with Gasteiger partial charge in [0.05, 0.1) is 5.60 Å². The van der Waals surface area contributed by atoms with Crippen molar-refractivity contribution < 1.29 is 5.11 Å². The van der Waals surface area contributed by atoms with Crippen LogP contribution in [0.5, 0.6) is 0 Å². The van der Waals surface area contributed by atoms with Crippen LogP contribution in [0.3, 0.4) is 0 Å². The fourth-order valence-corrected chi connectivity index (χ4v) is 4.66. The minimum absolute atomic E-state index is 0.515. The first-order valence-electron chi connectivity index (χ1n) is 6.78. The normalized spacial score (nSPS) is 53.7. The van der Waals surface area contributed by atoms with Gasteiger partial charge in [-0.15, -0.1) is 0 Å². The van der Waals surface area contributed by atoms with Crippen LogP contribution in [0.2, 0.25) is 0 Å². The maximum Gasteiger partial charge on any atom is 0.0831 e. The van der Waals surface area contributed by atoms with Gasteiger partial charge in [0.2, 0.25) is 0 Å². The zero-order valence-electron chi connectivity index (χ0n) is 11.0. The lowest BCUT2D eigenvalue weighted by Crippen LogP contribution is -2.31. The Balaban J connectivity index is 1.99. The van der Waals surface area contributed by atoms with Gasteiger partial charge in [-0.1, -0.05) is 26.8 Å². The Kier molecular flexibility index (Phi) is 1.98. The van der Waals surface area contributed by atoms with Gasteiger partial charge in [-0.2, -0.15) is 0 Å². The quantitative estimate of drug-likeness (QED) is 0.620. The molecule has 90 valence electrons. The molecule has 2 fully saturated rings. The van der Waals surface area contributed by atoms with Crippen molar-refractivity contribution in [3.8, 4) is 0 Å². The summed E-state index contributed by atoms with van der Waals surface area (Å²) in [4.78, 5) is 0. The predicted octanol–water partition coefficient (Wildman–Crippen LogP) is 3.39. The third-order valence-electron chi connectivity index (χ3n) is 5.77. The van der Waals surface area contributed by atoms with Crippen molar-refractivity contribution in [1.82, 2.24) is 0 Å². The summed E-state index contributed by atoms with van der Waals surface area (Å²) in [6, 6.07) is 0. The highest BCUT2D eigenvalue weighted by Gasteiger charge is 2.64. The van der Waals surface area contributed by atoms with Gasteiger partial charge in [0.25, 0.3) is 0 Å². The van der Waals surface area contributed by atoms with Gasteiger partial charge in [-0.25, -0.2) is 0 Å². The number of allylic oxidation sites excluding steroid dienone is 1. The summed E-state index contributed by atoms with van der Waals surface area (Å²) in [6.07, 6.45) is 5.69. The molecule has 0 aromatic heterocycles. The van der Waals surface area contributed by atoms with Crippen LogP contribution in [-0.2, 0) is 0 Å². The van der Waals surface area contributed by atoms with E-state index in [9.17, 15) is 5.11 Å². The molecule has 1 N–H and O–H groups in total. The Morgan fingerprint density at radius 3 is 2.69 bits per heavy atom. The Bertz CT molecular complexity index is 350. The van der Waals surface area contributed by atoms with Crippen molar-refractivity contribution in [3.05, 3.63) is 11.6 Å². The van der Waals surface area contributed by atoms with Crippen molar-refractivity contribution >= 4 is 0 Å². The summed E-state index contributed by atoms with van der Waals surface area (Å²) in [6.45, 7) is 9.23. The molecular formula is C15H24O. The van der Waals surface area contributed by atoms with Crippen LogP contribution in [0, 0.1) is 29.1 Å². The molecule has 0 aromatic rings. The fourth-order valence-electron chi connectivity index (χ4n) is 4.66. The van der Waals surface area contributed by atoms with E-state index in [4.69, 9.17) is 0 Å². The monoisotopic (exact) mass is 220 g/mol. The smallest absolute Gasteiger partial charge is 0.0831 e. The van der Waals surface area contributed by atoms with Crippen LogP contribution < -0.4 is 0 Å². The lowest BCUT2D eigenvalue weighted by atomic mass is 9.78. The zero-order chi connectivity index (χ0) is 11.7. The predicted molar refractivity (Wildman–Crippen MR) is 66.0 cm³/mol. The third-order valence-corrected chi connectivity index (χ3v) is 5.77.